The quantitative estimate of drug-likeness (QED) is 0.458. The zero-order valence-corrected chi connectivity index (χ0v) is 16.4. The van der Waals surface area contributed by atoms with Gasteiger partial charge < -0.3 is 9.84 Å². The van der Waals surface area contributed by atoms with Crippen molar-refractivity contribution >= 4 is 22.7 Å². The second-order valence-electron chi connectivity index (χ2n) is 6.98. The summed E-state index contributed by atoms with van der Waals surface area (Å²) in [5.74, 6) is -0.684. The summed E-state index contributed by atoms with van der Waals surface area (Å²) in [6, 6.07) is 16.7. The molecule has 3 heterocycles. The van der Waals surface area contributed by atoms with E-state index in [9.17, 15) is 9.18 Å². The maximum Gasteiger partial charge on any atom is 0.259 e. The van der Waals surface area contributed by atoms with Crippen LogP contribution < -0.4 is 5.32 Å². The highest BCUT2D eigenvalue weighted by Crippen LogP contribution is 2.31. The molecule has 8 heteroatoms. The highest BCUT2D eigenvalue weighted by Gasteiger charge is 2.21. The predicted molar refractivity (Wildman–Crippen MR) is 113 cm³/mol. The number of rotatable bonds is 4. The van der Waals surface area contributed by atoms with Crippen molar-refractivity contribution < 1.29 is 13.7 Å². The zero-order valence-electron chi connectivity index (χ0n) is 16.4. The van der Waals surface area contributed by atoms with E-state index in [1.807, 2.05) is 24.4 Å². The largest absolute Gasteiger partial charge is 0.335 e. The number of nitrogens with one attached hydrogen (secondary N) is 1. The van der Waals surface area contributed by atoms with Gasteiger partial charge in [-0.2, -0.15) is 5.10 Å². The Kier molecular flexibility index (Phi) is 4.51. The number of benzene rings is 2. The Morgan fingerprint density at radius 2 is 1.87 bits per heavy atom. The van der Waals surface area contributed by atoms with Gasteiger partial charge >= 0.3 is 0 Å². The number of nitrogens with zero attached hydrogens (tertiary/aromatic N) is 4. The number of aryl methyl sites for hydroxylation is 1. The fourth-order valence-corrected chi connectivity index (χ4v) is 3.38. The number of pyridine rings is 1. The molecule has 0 atom stereocenters. The molecule has 0 fully saturated rings. The van der Waals surface area contributed by atoms with Gasteiger partial charge in [0.2, 0.25) is 0 Å². The molecule has 152 valence electrons. The molecule has 0 aliphatic carbocycles. The number of carbonyl (C=O) groups excluding carboxylic acids is 1. The van der Waals surface area contributed by atoms with Gasteiger partial charge in [-0.05, 0) is 67.6 Å². The predicted octanol–water partition coefficient (Wildman–Crippen LogP) is 4.78. The van der Waals surface area contributed by atoms with Crippen molar-refractivity contribution in [3.63, 3.8) is 0 Å². The summed E-state index contributed by atoms with van der Waals surface area (Å²) in [7, 11) is 0. The van der Waals surface area contributed by atoms with E-state index in [-0.39, 0.29) is 17.4 Å². The molecule has 0 radical (unpaired) electrons. The zero-order chi connectivity index (χ0) is 21.4. The third-order valence-electron chi connectivity index (χ3n) is 4.83. The SMILES string of the molecule is Cc1cc(C(=O)Nc2ccc(-n3cccn3)cc2)c2c(-c3ccc(F)cc3)noc2n1. The average Bonchev–Trinajstić information content (AvgIpc) is 3.44. The average molecular weight is 413 g/mol. The molecular formula is C23H16FN5O2. The van der Waals surface area contributed by atoms with Crippen LogP contribution in [-0.2, 0) is 0 Å². The van der Waals surface area contributed by atoms with Gasteiger partial charge in [-0.3, -0.25) is 4.79 Å². The lowest BCUT2D eigenvalue weighted by molar-refractivity contribution is 0.102. The van der Waals surface area contributed by atoms with E-state index in [0.29, 0.717) is 33.6 Å². The van der Waals surface area contributed by atoms with E-state index in [0.717, 1.165) is 5.69 Å². The molecule has 0 aliphatic rings. The molecular weight excluding hydrogens is 397 g/mol. The molecule has 0 unspecified atom stereocenters. The van der Waals surface area contributed by atoms with Gasteiger partial charge in [0, 0.05) is 29.3 Å². The summed E-state index contributed by atoms with van der Waals surface area (Å²) in [5.41, 5.74) is 3.81. The molecule has 5 aromatic rings. The first-order chi connectivity index (χ1) is 15.1. The van der Waals surface area contributed by atoms with Crippen LogP contribution in [0.15, 0.2) is 77.6 Å². The third-order valence-corrected chi connectivity index (χ3v) is 4.83. The molecule has 31 heavy (non-hydrogen) atoms. The summed E-state index contributed by atoms with van der Waals surface area (Å²) in [5, 5.41) is 11.6. The number of hydrogen-bond donors (Lipinski definition) is 1. The van der Waals surface area contributed by atoms with Crippen LogP contribution >= 0.6 is 0 Å². The minimum Gasteiger partial charge on any atom is -0.335 e. The van der Waals surface area contributed by atoms with E-state index in [2.05, 4.69) is 20.6 Å². The molecule has 2 aromatic carbocycles. The maximum absolute atomic E-state index is 13.3. The molecule has 5 rings (SSSR count). The van der Waals surface area contributed by atoms with Crippen LogP contribution in [0.4, 0.5) is 10.1 Å². The van der Waals surface area contributed by atoms with E-state index in [1.165, 1.54) is 12.1 Å². The van der Waals surface area contributed by atoms with Gasteiger partial charge in [0.05, 0.1) is 16.6 Å². The van der Waals surface area contributed by atoms with Crippen LogP contribution in [0.3, 0.4) is 0 Å². The summed E-state index contributed by atoms with van der Waals surface area (Å²) in [6.07, 6.45) is 3.54. The van der Waals surface area contributed by atoms with Gasteiger partial charge in [-0.1, -0.05) is 5.16 Å². The van der Waals surface area contributed by atoms with Crippen LogP contribution in [0.25, 0.3) is 28.0 Å². The Labute approximate surface area is 176 Å². The number of hydrogen-bond acceptors (Lipinski definition) is 5. The van der Waals surface area contributed by atoms with Crippen LogP contribution in [-0.4, -0.2) is 25.8 Å². The molecule has 0 spiro atoms. The van der Waals surface area contributed by atoms with Gasteiger partial charge in [-0.15, -0.1) is 0 Å². The van der Waals surface area contributed by atoms with E-state index in [4.69, 9.17) is 4.52 Å². The van der Waals surface area contributed by atoms with Crippen LogP contribution in [0.2, 0.25) is 0 Å². The lowest BCUT2D eigenvalue weighted by Crippen LogP contribution is -2.13. The smallest absolute Gasteiger partial charge is 0.259 e. The number of aromatic nitrogens is 4. The Hall–Kier alpha value is -4.33. The molecule has 0 aliphatic heterocycles. The van der Waals surface area contributed by atoms with Crippen molar-refractivity contribution in [2.24, 2.45) is 0 Å². The molecule has 0 saturated carbocycles. The van der Waals surface area contributed by atoms with Crippen molar-refractivity contribution in [3.05, 3.63) is 90.1 Å². The summed E-state index contributed by atoms with van der Waals surface area (Å²) < 4.78 is 20.4. The Balaban J connectivity index is 1.51. The number of amides is 1. The second kappa shape index (κ2) is 7.49. The fourth-order valence-electron chi connectivity index (χ4n) is 3.38. The minimum absolute atomic E-state index is 0.249. The van der Waals surface area contributed by atoms with Gasteiger partial charge in [-0.25, -0.2) is 14.1 Å². The Morgan fingerprint density at radius 1 is 1.10 bits per heavy atom. The topological polar surface area (TPSA) is 85.8 Å². The summed E-state index contributed by atoms with van der Waals surface area (Å²) >= 11 is 0. The van der Waals surface area contributed by atoms with Crippen molar-refractivity contribution in [1.29, 1.82) is 0 Å². The number of anilines is 1. The molecule has 3 aromatic heterocycles. The lowest BCUT2D eigenvalue weighted by atomic mass is 10.0. The molecule has 0 saturated heterocycles. The summed E-state index contributed by atoms with van der Waals surface area (Å²) in [4.78, 5) is 17.5. The van der Waals surface area contributed by atoms with Gasteiger partial charge in [0.25, 0.3) is 11.6 Å². The van der Waals surface area contributed by atoms with Crippen molar-refractivity contribution in [1.82, 2.24) is 19.9 Å². The fraction of sp³-hybridized carbons (Fsp3) is 0.0435. The van der Waals surface area contributed by atoms with Gasteiger partial charge in [0.1, 0.15) is 11.5 Å². The van der Waals surface area contributed by atoms with Crippen LogP contribution in [0.5, 0.6) is 0 Å². The van der Waals surface area contributed by atoms with Crippen molar-refractivity contribution in [2.45, 2.75) is 6.92 Å². The molecule has 1 N–H and O–H groups in total. The van der Waals surface area contributed by atoms with E-state index in [1.54, 1.807) is 48.1 Å². The first-order valence-corrected chi connectivity index (χ1v) is 9.53. The molecule has 7 nitrogen and oxygen atoms in total. The summed E-state index contributed by atoms with van der Waals surface area (Å²) in [6.45, 7) is 1.77. The highest BCUT2D eigenvalue weighted by atomic mass is 19.1. The lowest BCUT2D eigenvalue weighted by Gasteiger charge is -2.09. The first-order valence-electron chi connectivity index (χ1n) is 9.53. The Bertz CT molecular complexity index is 1370. The van der Waals surface area contributed by atoms with Crippen molar-refractivity contribution in [3.8, 4) is 16.9 Å². The molecule has 1 amide bonds. The van der Waals surface area contributed by atoms with Gasteiger partial charge in [0.15, 0.2) is 0 Å². The number of fused-ring (bicyclic) bond motifs is 1. The number of halogens is 1. The first kappa shape index (κ1) is 18.7. The Morgan fingerprint density at radius 3 is 2.58 bits per heavy atom. The van der Waals surface area contributed by atoms with E-state index < -0.39 is 0 Å². The maximum atomic E-state index is 13.3. The highest BCUT2D eigenvalue weighted by molar-refractivity contribution is 6.14. The standard InChI is InChI=1S/C23H16FN5O2/c1-14-13-19(20-21(28-31-23(20)26-14)15-3-5-16(24)6-4-15)22(30)27-17-7-9-18(10-8-17)29-12-2-11-25-29/h2-13H,1H3,(H,27,30). The number of carbonyl (C=O) groups is 1. The van der Waals surface area contributed by atoms with Crippen molar-refractivity contribution in [2.75, 3.05) is 5.32 Å². The van der Waals surface area contributed by atoms with Crippen LogP contribution in [0.1, 0.15) is 16.1 Å². The minimum atomic E-state index is -0.359. The van der Waals surface area contributed by atoms with Crippen LogP contribution in [0, 0.1) is 12.7 Å². The monoisotopic (exact) mass is 413 g/mol. The van der Waals surface area contributed by atoms with E-state index >= 15 is 0 Å². The normalized spacial score (nSPS) is 11.0. The third kappa shape index (κ3) is 3.55. The second-order valence-corrected chi connectivity index (χ2v) is 6.98. The molecule has 0 bridgehead atoms.